The topological polar surface area (TPSA) is 58.1 Å². The highest BCUT2D eigenvalue weighted by atomic mass is 16.2. The molecule has 0 aliphatic carbocycles. The zero-order chi connectivity index (χ0) is 13.9. The Morgan fingerprint density at radius 2 is 2.00 bits per heavy atom. The third-order valence-electron chi connectivity index (χ3n) is 3.24. The summed E-state index contributed by atoms with van der Waals surface area (Å²) in [6.07, 6.45) is 6.90. The summed E-state index contributed by atoms with van der Waals surface area (Å²) in [7, 11) is 0. The zero-order valence-corrected chi connectivity index (χ0v) is 11.9. The van der Waals surface area contributed by atoms with Crippen molar-refractivity contribution in [1.29, 1.82) is 0 Å². The van der Waals surface area contributed by atoms with Gasteiger partial charge in [-0.05, 0) is 33.6 Å². The Balaban J connectivity index is 1.88. The van der Waals surface area contributed by atoms with Crippen molar-refractivity contribution in [2.75, 3.05) is 18.0 Å². The second-order valence-corrected chi connectivity index (χ2v) is 6.06. The van der Waals surface area contributed by atoms with E-state index in [0.29, 0.717) is 0 Å². The number of piperidine rings is 1. The maximum Gasteiger partial charge on any atom is 0.223 e. The van der Waals surface area contributed by atoms with E-state index in [1.807, 2.05) is 20.8 Å². The van der Waals surface area contributed by atoms with Crippen molar-refractivity contribution in [1.82, 2.24) is 15.3 Å². The summed E-state index contributed by atoms with van der Waals surface area (Å²) in [6, 6.07) is 0. The molecule has 1 saturated heterocycles. The molecule has 1 N–H and O–H groups in total. The van der Waals surface area contributed by atoms with Crippen LogP contribution in [0.4, 0.5) is 5.82 Å². The molecule has 1 aromatic rings. The first-order chi connectivity index (χ1) is 8.96. The van der Waals surface area contributed by atoms with Gasteiger partial charge in [-0.1, -0.05) is 0 Å². The SMILES string of the molecule is CC(C)(C)NC(=O)C1CCN(c2cnccn2)CC1. The predicted molar refractivity (Wildman–Crippen MR) is 74.9 cm³/mol. The first-order valence-corrected chi connectivity index (χ1v) is 6.79. The molecule has 1 aromatic heterocycles. The summed E-state index contributed by atoms with van der Waals surface area (Å²) in [5.74, 6) is 1.19. The molecule has 1 amide bonds. The molecule has 0 radical (unpaired) electrons. The van der Waals surface area contributed by atoms with Gasteiger partial charge in [-0.25, -0.2) is 4.98 Å². The molecule has 5 nitrogen and oxygen atoms in total. The fraction of sp³-hybridized carbons (Fsp3) is 0.643. The lowest BCUT2D eigenvalue weighted by atomic mass is 9.94. The average molecular weight is 262 g/mol. The highest BCUT2D eigenvalue weighted by Crippen LogP contribution is 2.21. The summed E-state index contributed by atoms with van der Waals surface area (Å²) >= 11 is 0. The third-order valence-corrected chi connectivity index (χ3v) is 3.24. The van der Waals surface area contributed by atoms with Crippen LogP contribution in [-0.2, 0) is 4.79 Å². The van der Waals surface area contributed by atoms with Crippen LogP contribution < -0.4 is 10.2 Å². The van der Waals surface area contributed by atoms with Crippen molar-refractivity contribution in [3.05, 3.63) is 18.6 Å². The second kappa shape index (κ2) is 5.55. The lowest BCUT2D eigenvalue weighted by molar-refractivity contribution is -0.127. The number of carbonyl (C=O) groups excluding carboxylic acids is 1. The van der Waals surface area contributed by atoms with Crippen molar-refractivity contribution in [2.45, 2.75) is 39.2 Å². The largest absolute Gasteiger partial charge is 0.355 e. The molecule has 0 aromatic carbocycles. The van der Waals surface area contributed by atoms with Gasteiger partial charge in [-0.2, -0.15) is 0 Å². The number of nitrogens with zero attached hydrogens (tertiary/aromatic N) is 3. The van der Waals surface area contributed by atoms with E-state index in [1.54, 1.807) is 18.6 Å². The van der Waals surface area contributed by atoms with Crippen molar-refractivity contribution in [2.24, 2.45) is 5.92 Å². The van der Waals surface area contributed by atoms with Crippen LogP contribution in [0.25, 0.3) is 0 Å². The molecule has 0 unspecified atom stereocenters. The molecule has 0 bridgehead atoms. The first-order valence-electron chi connectivity index (χ1n) is 6.79. The molecule has 104 valence electrons. The van der Waals surface area contributed by atoms with Crippen molar-refractivity contribution in [3.63, 3.8) is 0 Å². The lowest BCUT2D eigenvalue weighted by Crippen LogP contribution is -2.47. The van der Waals surface area contributed by atoms with Crippen LogP contribution in [0.2, 0.25) is 0 Å². The Kier molecular flexibility index (Phi) is 4.02. The molecule has 0 atom stereocenters. The van der Waals surface area contributed by atoms with Crippen LogP contribution >= 0.6 is 0 Å². The molecule has 1 fully saturated rings. The number of hydrogen-bond donors (Lipinski definition) is 1. The highest BCUT2D eigenvalue weighted by molar-refractivity contribution is 5.79. The summed E-state index contributed by atoms with van der Waals surface area (Å²) in [5.41, 5.74) is -0.154. The fourth-order valence-electron chi connectivity index (χ4n) is 2.30. The number of nitrogens with one attached hydrogen (secondary N) is 1. The molecular weight excluding hydrogens is 240 g/mol. The molecule has 1 aliphatic rings. The predicted octanol–water partition coefficient (Wildman–Crippen LogP) is 1.61. The molecule has 2 rings (SSSR count). The Labute approximate surface area is 114 Å². The standard InChI is InChI=1S/C14H22N4O/c1-14(2,3)17-13(19)11-4-8-18(9-5-11)12-10-15-6-7-16-12/h6-7,10-11H,4-5,8-9H2,1-3H3,(H,17,19). The van der Waals surface area contributed by atoms with Gasteiger partial charge >= 0.3 is 0 Å². The number of rotatable bonds is 2. The van der Waals surface area contributed by atoms with Gasteiger partial charge in [0.2, 0.25) is 5.91 Å². The van der Waals surface area contributed by atoms with Crippen LogP contribution in [0.15, 0.2) is 18.6 Å². The minimum atomic E-state index is -0.154. The summed E-state index contributed by atoms with van der Waals surface area (Å²) < 4.78 is 0. The van der Waals surface area contributed by atoms with Gasteiger partial charge < -0.3 is 10.2 Å². The zero-order valence-electron chi connectivity index (χ0n) is 11.9. The van der Waals surface area contributed by atoms with Gasteiger partial charge in [0.25, 0.3) is 0 Å². The third kappa shape index (κ3) is 3.91. The van der Waals surface area contributed by atoms with Crippen molar-refractivity contribution >= 4 is 11.7 Å². The van der Waals surface area contributed by atoms with Gasteiger partial charge in [0.1, 0.15) is 5.82 Å². The minimum Gasteiger partial charge on any atom is -0.355 e. The lowest BCUT2D eigenvalue weighted by Gasteiger charge is -2.33. The van der Waals surface area contributed by atoms with E-state index in [-0.39, 0.29) is 17.4 Å². The van der Waals surface area contributed by atoms with Crippen LogP contribution in [0.5, 0.6) is 0 Å². The minimum absolute atomic E-state index is 0.118. The number of carbonyl (C=O) groups is 1. The summed E-state index contributed by atoms with van der Waals surface area (Å²) in [5, 5.41) is 3.06. The number of hydrogen-bond acceptors (Lipinski definition) is 4. The van der Waals surface area contributed by atoms with Crippen LogP contribution in [0, 0.1) is 5.92 Å². The van der Waals surface area contributed by atoms with Crippen molar-refractivity contribution < 1.29 is 4.79 Å². The highest BCUT2D eigenvalue weighted by Gasteiger charge is 2.27. The maximum atomic E-state index is 12.1. The molecule has 5 heteroatoms. The number of amides is 1. The maximum absolute atomic E-state index is 12.1. The van der Waals surface area contributed by atoms with Gasteiger partial charge in [-0.15, -0.1) is 0 Å². The molecule has 0 spiro atoms. The summed E-state index contributed by atoms with van der Waals surface area (Å²) in [4.78, 5) is 22.7. The monoisotopic (exact) mass is 262 g/mol. The molecule has 0 saturated carbocycles. The van der Waals surface area contributed by atoms with Crippen LogP contribution in [-0.4, -0.2) is 34.5 Å². The van der Waals surface area contributed by atoms with E-state index in [2.05, 4.69) is 20.2 Å². The quantitative estimate of drug-likeness (QED) is 0.879. The van der Waals surface area contributed by atoms with E-state index in [0.717, 1.165) is 31.7 Å². The fourth-order valence-corrected chi connectivity index (χ4v) is 2.30. The first kappa shape index (κ1) is 13.8. The van der Waals surface area contributed by atoms with Crippen LogP contribution in [0.1, 0.15) is 33.6 Å². The van der Waals surface area contributed by atoms with E-state index < -0.39 is 0 Å². The summed E-state index contributed by atoms with van der Waals surface area (Å²) in [6.45, 7) is 7.76. The van der Waals surface area contributed by atoms with E-state index in [1.165, 1.54) is 0 Å². The van der Waals surface area contributed by atoms with Gasteiger partial charge in [0, 0.05) is 36.9 Å². The Hall–Kier alpha value is -1.65. The molecular formula is C14H22N4O. The van der Waals surface area contributed by atoms with Crippen molar-refractivity contribution in [3.8, 4) is 0 Å². The Morgan fingerprint density at radius 1 is 1.32 bits per heavy atom. The van der Waals surface area contributed by atoms with E-state index >= 15 is 0 Å². The molecule has 19 heavy (non-hydrogen) atoms. The van der Waals surface area contributed by atoms with E-state index in [9.17, 15) is 4.79 Å². The Morgan fingerprint density at radius 3 is 2.53 bits per heavy atom. The molecule has 2 heterocycles. The van der Waals surface area contributed by atoms with Gasteiger partial charge in [0.05, 0.1) is 6.20 Å². The average Bonchev–Trinajstić information content (AvgIpc) is 2.38. The Bertz CT molecular complexity index is 419. The van der Waals surface area contributed by atoms with Gasteiger partial charge in [-0.3, -0.25) is 9.78 Å². The molecule has 1 aliphatic heterocycles. The van der Waals surface area contributed by atoms with E-state index in [4.69, 9.17) is 0 Å². The number of anilines is 1. The second-order valence-electron chi connectivity index (χ2n) is 6.06. The van der Waals surface area contributed by atoms with Crippen LogP contribution in [0.3, 0.4) is 0 Å². The van der Waals surface area contributed by atoms with Gasteiger partial charge in [0.15, 0.2) is 0 Å². The normalized spacial score (nSPS) is 17.3. The number of aromatic nitrogens is 2. The smallest absolute Gasteiger partial charge is 0.223 e.